The summed E-state index contributed by atoms with van der Waals surface area (Å²) in [5.74, 6) is -1.08. The summed E-state index contributed by atoms with van der Waals surface area (Å²) in [6.45, 7) is 4.61. The number of carboxylic acids is 1. The number of anilines is 1. The second kappa shape index (κ2) is 6.60. The fourth-order valence-electron chi connectivity index (χ4n) is 2.89. The van der Waals surface area contributed by atoms with Gasteiger partial charge >= 0.3 is 5.97 Å². The van der Waals surface area contributed by atoms with Crippen LogP contribution < -0.4 is 10.2 Å². The number of carbonyl (C=O) groups excluding carboxylic acids is 1. The Labute approximate surface area is 144 Å². The van der Waals surface area contributed by atoms with Gasteiger partial charge in [-0.1, -0.05) is 18.2 Å². The maximum atomic E-state index is 12.3. The highest BCUT2D eigenvalue weighted by Gasteiger charge is 2.23. The van der Waals surface area contributed by atoms with E-state index in [9.17, 15) is 9.59 Å². The molecule has 0 bridgehead atoms. The van der Waals surface area contributed by atoms with Crippen molar-refractivity contribution in [2.45, 2.75) is 26.3 Å². The number of nitrogens with zero attached hydrogens (tertiary/aromatic N) is 2. The zero-order valence-corrected chi connectivity index (χ0v) is 14.4. The van der Waals surface area contributed by atoms with E-state index in [1.165, 1.54) is 5.56 Å². The lowest BCUT2D eigenvalue weighted by atomic mass is 10.2. The molecule has 1 aliphatic heterocycles. The van der Waals surface area contributed by atoms with Crippen molar-refractivity contribution in [3.05, 3.63) is 45.4 Å². The van der Waals surface area contributed by atoms with Gasteiger partial charge in [0.1, 0.15) is 9.88 Å². The summed E-state index contributed by atoms with van der Waals surface area (Å²) in [5.41, 5.74) is 2.86. The summed E-state index contributed by atoms with van der Waals surface area (Å²) in [4.78, 5) is 30.0. The molecule has 1 atom stereocenters. The Morgan fingerprint density at radius 1 is 1.42 bits per heavy atom. The predicted octanol–water partition coefficient (Wildman–Crippen LogP) is 2.39. The third kappa shape index (κ3) is 3.26. The number of nitrogens with one attached hydrogen (secondary N) is 1. The van der Waals surface area contributed by atoms with Gasteiger partial charge in [0.05, 0.1) is 18.3 Å². The Hall–Kier alpha value is -2.41. The van der Waals surface area contributed by atoms with E-state index in [2.05, 4.69) is 21.3 Å². The van der Waals surface area contributed by atoms with Crippen LogP contribution >= 0.6 is 11.3 Å². The molecule has 1 aromatic heterocycles. The molecule has 0 saturated carbocycles. The molecule has 0 spiro atoms. The number of aryl methyl sites for hydroxylation is 1. The number of rotatable bonds is 5. The Balaban J connectivity index is 1.63. The number of carboxylic acid groups (broad SMARTS) is 1. The number of benzene rings is 1. The van der Waals surface area contributed by atoms with Gasteiger partial charge < -0.3 is 15.3 Å². The number of aromatic nitrogens is 1. The van der Waals surface area contributed by atoms with E-state index in [-0.39, 0.29) is 23.4 Å². The molecule has 0 fully saturated rings. The van der Waals surface area contributed by atoms with Crippen molar-refractivity contribution in [2.24, 2.45) is 0 Å². The zero-order chi connectivity index (χ0) is 17.3. The molecular weight excluding hydrogens is 326 g/mol. The number of thiazole rings is 1. The van der Waals surface area contributed by atoms with Crippen molar-refractivity contribution in [3.8, 4) is 0 Å². The summed E-state index contributed by atoms with van der Waals surface area (Å²) >= 11 is 1.11. The van der Waals surface area contributed by atoms with Crippen LogP contribution in [0.25, 0.3) is 0 Å². The summed E-state index contributed by atoms with van der Waals surface area (Å²) < 4.78 is 0. The van der Waals surface area contributed by atoms with Crippen molar-refractivity contribution < 1.29 is 14.7 Å². The van der Waals surface area contributed by atoms with Crippen LogP contribution in [0.3, 0.4) is 0 Å². The predicted molar refractivity (Wildman–Crippen MR) is 92.7 cm³/mol. The molecule has 2 aromatic rings. The molecule has 126 valence electrons. The summed E-state index contributed by atoms with van der Waals surface area (Å²) in [6.07, 6.45) is 0.951. The molecule has 2 heterocycles. The number of aromatic carboxylic acids is 1. The van der Waals surface area contributed by atoms with Crippen molar-refractivity contribution in [2.75, 3.05) is 18.0 Å². The van der Waals surface area contributed by atoms with Crippen LogP contribution in [0.1, 0.15) is 38.9 Å². The van der Waals surface area contributed by atoms with Gasteiger partial charge in [0.25, 0.3) is 0 Å². The average molecular weight is 345 g/mol. The van der Waals surface area contributed by atoms with Crippen LogP contribution in [-0.2, 0) is 11.2 Å². The highest BCUT2D eigenvalue weighted by Crippen LogP contribution is 2.27. The maximum absolute atomic E-state index is 12.3. The summed E-state index contributed by atoms with van der Waals surface area (Å²) in [5, 5.41) is 12.6. The minimum absolute atomic E-state index is 0.0936. The highest BCUT2D eigenvalue weighted by molar-refractivity contribution is 7.13. The van der Waals surface area contributed by atoms with Gasteiger partial charge in [0, 0.05) is 12.2 Å². The van der Waals surface area contributed by atoms with Crippen molar-refractivity contribution in [1.82, 2.24) is 10.3 Å². The number of amides is 1. The van der Waals surface area contributed by atoms with Gasteiger partial charge in [-0.25, -0.2) is 9.78 Å². The number of fused-ring (bicyclic) bond motifs is 1. The number of carbonyl (C=O) groups is 2. The lowest BCUT2D eigenvalue weighted by Crippen LogP contribution is -2.37. The Morgan fingerprint density at radius 3 is 2.88 bits per heavy atom. The average Bonchev–Trinajstić information content (AvgIpc) is 3.11. The largest absolute Gasteiger partial charge is 0.477 e. The van der Waals surface area contributed by atoms with Crippen molar-refractivity contribution in [3.63, 3.8) is 0 Å². The maximum Gasteiger partial charge on any atom is 0.347 e. The van der Waals surface area contributed by atoms with Crippen molar-refractivity contribution in [1.29, 1.82) is 0 Å². The normalized spacial score (nSPS) is 14.3. The summed E-state index contributed by atoms with van der Waals surface area (Å²) in [7, 11) is 0. The molecule has 7 heteroatoms. The van der Waals surface area contributed by atoms with Gasteiger partial charge in [0.2, 0.25) is 5.91 Å². The second-order valence-electron chi connectivity index (χ2n) is 5.86. The van der Waals surface area contributed by atoms with Gasteiger partial charge in [-0.15, -0.1) is 11.3 Å². The quantitative estimate of drug-likeness (QED) is 0.869. The van der Waals surface area contributed by atoms with E-state index < -0.39 is 5.97 Å². The Bertz CT molecular complexity index is 787. The molecule has 0 saturated heterocycles. The van der Waals surface area contributed by atoms with E-state index in [0.29, 0.717) is 10.7 Å². The first-order valence-corrected chi connectivity index (χ1v) is 8.60. The number of hydrogen-bond acceptors (Lipinski definition) is 5. The van der Waals surface area contributed by atoms with Gasteiger partial charge in [-0.2, -0.15) is 0 Å². The van der Waals surface area contributed by atoms with Gasteiger partial charge in [-0.05, 0) is 31.9 Å². The van der Waals surface area contributed by atoms with E-state index in [1.54, 1.807) is 6.92 Å². The lowest BCUT2D eigenvalue weighted by Gasteiger charge is -2.20. The van der Waals surface area contributed by atoms with Crippen LogP contribution in [0.2, 0.25) is 0 Å². The minimum Gasteiger partial charge on any atom is -0.477 e. The topological polar surface area (TPSA) is 82.5 Å². The van der Waals surface area contributed by atoms with E-state index >= 15 is 0 Å². The highest BCUT2D eigenvalue weighted by atomic mass is 32.1. The first-order chi connectivity index (χ1) is 11.5. The fourth-order valence-corrected chi connectivity index (χ4v) is 3.80. The third-order valence-electron chi connectivity index (χ3n) is 4.07. The van der Waals surface area contributed by atoms with Crippen LogP contribution in [0.4, 0.5) is 5.69 Å². The molecule has 0 aliphatic carbocycles. The molecular formula is C17H19N3O3S. The molecule has 1 amide bonds. The van der Waals surface area contributed by atoms with Crippen molar-refractivity contribution >= 4 is 28.9 Å². The number of para-hydroxylation sites is 1. The molecule has 24 heavy (non-hydrogen) atoms. The first kappa shape index (κ1) is 16.4. The Kier molecular flexibility index (Phi) is 4.53. The smallest absolute Gasteiger partial charge is 0.347 e. The molecule has 6 nitrogen and oxygen atoms in total. The second-order valence-corrected chi connectivity index (χ2v) is 6.89. The van der Waals surface area contributed by atoms with Crippen LogP contribution in [0.15, 0.2) is 24.3 Å². The summed E-state index contributed by atoms with van der Waals surface area (Å²) in [6, 6.07) is 7.79. The lowest BCUT2D eigenvalue weighted by molar-refractivity contribution is -0.120. The number of hydrogen-bond donors (Lipinski definition) is 2. The molecule has 1 unspecified atom stereocenters. The molecule has 3 rings (SSSR count). The molecule has 0 radical (unpaired) electrons. The minimum atomic E-state index is -0.983. The van der Waals surface area contributed by atoms with Gasteiger partial charge in [-0.3, -0.25) is 4.79 Å². The monoisotopic (exact) mass is 345 g/mol. The standard InChI is InChI=1S/C17H19N3O3S/c1-10-15(17(22)23)24-16(19-10)11(2)18-14(21)9-20-8-7-12-5-3-4-6-13(12)20/h3-6,11H,7-9H2,1-2H3,(H,18,21)(H,22,23). The van der Waals surface area contributed by atoms with E-state index in [0.717, 1.165) is 30.0 Å². The van der Waals surface area contributed by atoms with Crippen LogP contribution in [0, 0.1) is 6.92 Å². The van der Waals surface area contributed by atoms with Gasteiger partial charge in [0.15, 0.2) is 0 Å². The molecule has 2 N–H and O–H groups in total. The molecule has 1 aromatic carbocycles. The zero-order valence-electron chi connectivity index (χ0n) is 13.6. The van der Waals surface area contributed by atoms with Crippen LogP contribution in [0.5, 0.6) is 0 Å². The SMILES string of the molecule is Cc1nc(C(C)NC(=O)CN2CCc3ccccc32)sc1C(=O)O. The fraction of sp³-hybridized carbons (Fsp3) is 0.353. The first-order valence-electron chi connectivity index (χ1n) is 7.78. The van der Waals surface area contributed by atoms with E-state index in [1.807, 2.05) is 25.1 Å². The Morgan fingerprint density at radius 2 is 2.17 bits per heavy atom. The third-order valence-corrected chi connectivity index (χ3v) is 5.40. The molecule has 1 aliphatic rings. The van der Waals surface area contributed by atoms with Crippen LogP contribution in [-0.4, -0.2) is 35.1 Å². The van der Waals surface area contributed by atoms with E-state index in [4.69, 9.17) is 5.11 Å².